The van der Waals surface area contributed by atoms with Gasteiger partial charge in [-0.3, -0.25) is 9.59 Å². The van der Waals surface area contributed by atoms with Crippen LogP contribution < -0.4 is 24.8 Å². The van der Waals surface area contributed by atoms with Crippen molar-refractivity contribution in [3.05, 3.63) is 82.9 Å². The number of ether oxygens (including phenoxy) is 3. The Balaban J connectivity index is 1.68. The molecular weight excluding hydrogens is 470 g/mol. The summed E-state index contributed by atoms with van der Waals surface area (Å²) in [6.45, 7) is -0.267. The first kappa shape index (κ1) is 25.1. The van der Waals surface area contributed by atoms with Crippen LogP contribution >= 0.6 is 11.6 Å². The minimum atomic E-state index is -0.567. The summed E-state index contributed by atoms with van der Waals surface area (Å²) in [5, 5.41) is 15.4. The number of halogens is 1. The molecule has 2 amide bonds. The van der Waals surface area contributed by atoms with Gasteiger partial charge in [0.2, 0.25) is 0 Å². The third-order valence-electron chi connectivity index (χ3n) is 4.71. The number of hydrogen-bond donors (Lipinski definition) is 2. The Morgan fingerprint density at radius 2 is 1.66 bits per heavy atom. The molecule has 0 radical (unpaired) electrons. The van der Waals surface area contributed by atoms with E-state index in [-0.39, 0.29) is 18.1 Å². The van der Waals surface area contributed by atoms with Crippen LogP contribution in [-0.2, 0) is 9.59 Å². The molecule has 0 aliphatic rings. The van der Waals surface area contributed by atoms with Crippen molar-refractivity contribution in [3.8, 4) is 23.3 Å². The lowest BCUT2D eigenvalue weighted by atomic mass is 10.1. The SMILES string of the molecule is COc1ccccc1NC(=O)COc1ccc(/C=C(\C#N)C(=O)Nc2ccc(Cl)cc2)cc1OC. The molecule has 0 aliphatic carbocycles. The van der Waals surface area contributed by atoms with Gasteiger partial charge in [-0.05, 0) is 60.2 Å². The number of rotatable bonds is 9. The molecule has 2 N–H and O–H groups in total. The van der Waals surface area contributed by atoms with Crippen molar-refractivity contribution in [1.29, 1.82) is 5.26 Å². The van der Waals surface area contributed by atoms with Gasteiger partial charge < -0.3 is 24.8 Å². The normalized spacial score (nSPS) is 10.6. The van der Waals surface area contributed by atoms with E-state index in [9.17, 15) is 14.9 Å². The number of nitrogens with one attached hydrogen (secondary N) is 2. The third kappa shape index (κ3) is 7.00. The van der Waals surface area contributed by atoms with Gasteiger partial charge in [-0.25, -0.2) is 0 Å². The van der Waals surface area contributed by atoms with Crippen LogP contribution in [-0.4, -0.2) is 32.6 Å². The smallest absolute Gasteiger partial charge is 0.266 e. The Morgan fingerprint density at radius 1 is 0.943 bits per heavy atom. The molecule has 3 rings (SSSR count). The van der Waals surface area contributed by atoms with Crippen molar-refractivity contribution < 1.29 is 23.8 Å². The average molecular weight is 492 g/mol. The van der Waals surface area contributed by atoms with Gasteiger partial charge in [0.25, 0.3) is 11.8 Å². The van der Waals surface area contributed by atoms with E-state index in [1.54, 1.807) is 66.7 Å². The largest absolute Gasteiger partial charge is 0.495 e. The van der Waals surface area contributed by atoms with Gasteiger partial charge in [-0.2, -0.15) is 5.26 Å². The lowest BCUT2D eigenvalue weighted by Crippen LogP contribution is -2.20. The summed E-state index contributed by atoms with van der Waals surface area (Å²) in [4.78, 5) is 24.8. The van der Waals surface area contributed by atoms with Crippen LogP contribution in [0.2, 0.25) is 5.02 Å². The molecule has 35 heavy (non-hydrogen) atoms. The first-order valence-electron chi connectivity index (χ1n) is 10.4. The van der Waals surface area contributed by atoms with Crippen molar-refractivity contribution in [2.75, 3.05) is 31.5 Å². The minimum Gasteiger partial charge on any atom is -0.495 e. The monoisotopic (exact) mass is 491 g/mol. The molecule has 0 heterocycles. The Bertz CT molecular complexity index is 1280. The van der Waals surface area contributed by atoms with Crippen molar-refractivity contribution in [2.24, 2.45) is 0 Å². The zero-order valence-corrected chi connectivity index (χ0v) is 19.8. The van der Waals surface area contributed by atoms with Crippen molar-refractivity contribution >= 4 is 40.9 Å². The molecule has 0 aromatic heterocycles. The molecule has 0 spiro atoms. The molecule has 0 fully saturated rings. The lowest BCUT2D eigenvalue weighted by Gasteiger charge is -2.13. The summed E-state index contributed by atoms with van der Waals surface area (Å²) in [6, 6.07) is 20.3. The first-order chi connectivity index (χ1) is 16.9. The fourth-order valence-corrected chi connectivity index (χ4v) is 3.14. The summed E-state index contributed by atoms with van der Waals surface area (Å²) < 4.78 is 16.2. The fourth-order valence-electron chi connectivity index (χ4n) is 3.02. The zero-order chi connectivity index (χ0) is 25.2. The van der Waals surface area contributed by atoms with Crippen molar-refractivity contribution in [1.82, 2.24) is 0 Å². The van der Waals surface area contributed by atoms with E-state index in [2.05, 4.69) is 10.6 Å². The zero-order valence-electron chi connectivity index (χ0n) is 19.0. The number of para-hydroxylation sites is 2. The Hall–Kier alpha value is -4.48. The number of carbonyl (C=O) groups is 2. The number of carbonyl (C=O) groups excluding carboxylic acids is 2. The van der Waals surface area contributed by atoms with Crippen LogP contribution in [0.5, 0.6) is 17.2 Å². The second kappa shape index (κ2) is 12.1. The summed E-state index contributed by atoms with van der Waals surface area (Å²) >= 11 is 5.85. The van der Waals surface area contributed by atoms with Gasteiger partial charge in [-0.1, -0.05) is 29.8 Å². The molecule has 0 atom stereocenters. The maximum absolute atomic E-state index is 12.5. The lowest BCUT2D eigenvalue weighted by molar-refractivity contribution is -0.118. The van der Waals surface area contributed by atoms with Crippen LogP contribution in [0.25, 0.3) is 6.08 Å². The summed E-state index contributed by atoms with van der Waals surface area (Å²) in [7, 11) is 2.96. The fraction of sp³-hybridized carbons (Fsp3) is 0.115. The van der Waals surface area contributed by atoms with Gasteiger partial charge in [0, 0.05) is 10.7 Å². The highest BCUT2D eigenvalue weighted by Gasteiger charge is 2.13. The van der Waals surface area contributed by atoms with Crippen molar-refractivity contribution in [3.63, 3.8) is 0 Å². The van der Waals surface area contributed by atoms with E-state index in [1.165, 1.54) is 20.3 Å². The molecule has 8 nitrogen and oxygen atoms in total. The standard InChI is InChI=1S/C26H22ClN3O5/c1-33-22-6-4-3-5-21(22)30-25(31)16-35-23-12-7-17(14-24(23)34-2)13-18(15-28)26(32)29-20-10-8-19(27)9-11-20/h3-14H,16H2,1-2H3,(H,29,32)(H,30,31)/b18-13+. The third-order valence-corrected chi connectivity index (χ3v) is 4.96. The predicted octanol–water partition coefficient (Wildman–Crippen LogP) is 4.92. The highest BCUT2D eigenvalue weighted by Crippen LogP contribution is 2.29. The average Bonchev–Trinajstić information content (AvgIpc) is 2.87. The van der Waals surface area contributed by atoms with Crippen molar-refractivity contribution in [2.45, 2.75) is 0 Å². The number of benzene rings is 3. The maximum Gasteiger partial charge on any atom is 0.266 e. The number of amides is 2. The van der Waals surface area contributed by atoms with Crippen LogP contribution in [0.15, 0.2) is 72.3 Å². The highest BCUT2D eigenvalue weighted by molar-refractivity contribution is 6.30. The molecule has 0 bridgehead atoms. The molecule has 9 heteroatoms. The summed E-state index contributed by atoms with van der Waals surface area (Å²) in [5.74, 6) is 0.236. The number of nitriles is 1. The van der Waals surface area contributed by atoms with E-state index in [0.717, 1.165) is 0 Å². The van der Waals surface area contributed by atoms with Crippen LogP contribution in [0, 0.1) is 11.3 Å². The minimum absolute atomic E-state index is 0.105. The second-order valence-electron chi connectivity index (χ2n) is 7.08. The van der Waals surface area contributed by atoms with E-state index in [1.807, 2.05) is 6.07 Å². The molecule has 3 aromatic rings. The topological polar surface area (TPSA) is 110 Å². The number of nitrogens with zero attached hydrogens (tertiary/aromatic N) is 1. The van der Waals surface area contributed by atoms with Gasteiger partial charge in [-0.15, -0.1) is 0 Å². The molecule has 0 saturated heterocycles. The number of methoxy groups -OCH3 is 2. The van der Waals surface area contributed by atoms with Gasteiger partial charge in [0.1, 0.15) is 17.4 Å². The predicted molar refractivity (Wildman–Crippen MR) is 134 cm³/mol. The van der Waals surface area contributed by atoms with Crippen LogP contribution in [0.4, 0.5) is 11.4 Å². The molecule has 0 aliphatic heterocycles. The van der Waals surface area contributed by atoms with Gasteiger partial charge >= 0.3 is 0 Å². The number of hydrogen-bond acceptors (Lipinski definition) is 6. The molecule has 3 aromatic carbocycles. The molecule has 0 saturated carbocycles. The molecule has 0 unspecified atom stereocenters. The first-order valence-corrected chi connectivity index (χ1v) is 10.7. The Labute approximate surface area is 207 Å². The van der Waals surface area contributed by atoms with Gasteiger partial charge in [0.15, 0.2) is 18.1 Å². The maximum atomic E-state index is 12.5. The van der Waals surface area contributed by atoms with E-state index >= 15 is 0 Å². The Morgan fingerprint density at radius 3 is 2.34 bits per heavy atom. The highest BCUT2D eigenvalue weighted by atomic mass is 35.5. The number of anilines is 2. The molecule has 178 valence electrons. The van der Waals surface area contributed by atoms with E-state index < -0.39 is 5.91 Å². The molecular formula is C26H22ClN3O5. The van der Waals surface area contributed by atoms with Gasteiger partial charge in [0.05, 0.1) is 19.9 Å². The van der Waals surface area contributed by atoms with E-state index in [4.69, 9.17) is 25.8 Å². The quantitative estimate of drug-likeness (QED) is 0.325. The second-order valence-corrected chi connectivity index (χ2v) is 7.51. The van der Waals surface area contributed by atoms with E-state index in [0.29, 0.717) is 39.2 Å². The van der Waals surface area contributed by atoms with Crippen LogP contribution in [0.3, 0.4) is 0 Å². The van der Waals surface area contributed by atoms with Crippen LogP contribution in [0.1, 0.15) is 5.56 Å². The summed E-state index contributed by atoms with van der Waals surface area (Å²) in [5.41, 5.74) is 1.47. The Kier molecular flexibility index (Phi) is 8.70. The summed E-state index contributed by atoms with van der Waals surface area (Å²) in [6.07, 6.45) is 1.42.